The minimum atomic E-state index is -0.476. The molecule has 0 saturated carbocycles. The molecule has 0 aromatic heterocycles. The molecule has 0 aliphatic heterocycles. The first-order chi connectivity index (χ1) is 7.59. The van der Waals surface area contributed by atoms with E-state index < -0.39 is 10.9 Å². The standard InChI is InChI=1S/C11H9NO4/c1-9(13)16-8-2-3-10-4-6-11(7-5-10)12(14)15/h4-7H,8H2,1H3. The fourth-order valence-electron chi connectivity index (χ4n) is 0.942. The number of carbonyl (C=O) groups excluding carboxylic acids is 1. The molecule has 1 aromatic carbocycles. The van der Waals surface area contributed by atoms with Crippen LogP contribution in [0.25, 0.3) is 0 Å². The molecule has 5 heteroatoms. The number of esters is 1. The number of carbonyl (C=O) groups is 1. The number of non-ortho nitro benzene ring substituents is 1. The molecule has 0 aliphatic rings. The van der Waals surface area contributed by atoms with Crippen LogP contribution >= 0.6 is 0 Å². The van der Waals surface area contributed by atoms with Gasteiger partial charge in [0.15, 0.2) is 6.61 Å². The van der Waals surface area contributed by atoms with Crippen molar-refractivity contribution >= 4 is 11.7 Å². The molecule has 0 unspecified atom stereocenters. The Morgan fingerprint density at radius 3 is 2.56 bits per heavy atom. The molecular formula is C11H9NO4. The van der Waals surface area contributed by atoms with Gasteiger partial charge in [0.25, 0.3) is 5.69 Å². The van der Waals surface area contributed by atoms with Crippen molar-refractivity contribution in [3.05, 3.63) is 39.9 Å². The zero-order valence-electron chi connectivity index (χ0n) is 8.60. The highest BCUT2D eigenvalue weighted by Crippen LogP contribution is 2.10. The summed E-state index contributed by atoms with van der Waals surface area (Å²) in [5.41, 5.74) is 0.656. The highest BCUT2D eigenvalue weighted by atomic mass is 16.6. The van der Waals surface area contributed by atoms with Crippen LogP contribution in [0.4, 0.5) is 5.69 Å². The van der Waals surface area contributed by atoms with Crippen molar-refractivity contribution in [2.24, 2.45) is 0 Å². The number of ether oxygens (including phenoxy) is 1. The molecular weight excluding hydrogens is 210 g/mol. The van der Waals surface area contributed by atoms with Crippen LogP contribution in [0.2, 0.25) is 0 Å². The molecule has 82 valence electrons. The van der Waals surface area contributed by atoms with Gasteiger partial charge in [0, 0.05) is 24.6 Å². The molecule has 0 amide bonds. The molecule has 1 aromatic rings. The zero-order chi connectivity index (χ0) is 12.0. The number of rotatable bonds is 2. The number of nitro benzene ring substituents is 1. The normalized spacial score (nSPS) is 8.81. The van der Waals surface area contributed by atoms with Crippen LogP contribution in [-0.4, -0.2) is 17.5 Å². The van der Waals surface area contributed by atoms with E-state index in [1.165, 1.54) is 19.1 Å². The summed E-state index contributed by atoms with van der Waals surface area (Å²) in [6.07, 6.45) is 0. The fourth-order valence-corrected chi connectivity index (χ4v) is 0.942. The molecule has 0 spiro atoms. The molecule has 16 heavy (non-hydrogen) atoms. The molecule has 0 saturated heterocycles. The Labute approximate surface area is 92.2 Å². The second-order valence-corrected chi connectivity index (χ2v) is 2.89. The monoisotopic (exact) mass is 219 g/mol. The predicted molar refractivity (Wildman–Crippen MR) is 56.6 cm³/mol. The lowest BCUT2D eigenvalue weighted by Crippen LogP contribution is -1.97. The fraction of sp³-hybridized carbons (Fsp3) is 0.182. The summed E-state index contributed by atoms with van der Waals surface area (Å²) in [6.45, 7) is 1.32. The maximum absolute atomic E-state index is 10.4. The van der Waals surface area contributed by atoms with Gasteiger partial charge < -0.3 is 4.74 Å². The highest BCUT2D eigenvalue weighted by Gasteiger charge is 2.01. The smallest absolute Gasteiger partial charge is 0.303 e. The maximum Gasteiger partial charge on any atom is 0.303 e. The lowest BCUT2D eigenvalue weighted by Gasteiger charge is -1.92. The topological polar surface area (TPSA) is 69.4 Å². The van der Waals surface area contributed by atoms with Crippen LogP contribution in [-0.2, 0) is 9.53 Å². The third-order valence-corrected chi connectivity index (χ3v) is 1.66. The van der Waals surface area contributed by atoms with Gasteiger partial charge in [0.1, 0.15) is 0 Å². The van der Waals surface area contributed by atoms with Gasteiger partial charge >= 0.3 is 5.97 Å². The molecule has 0 aliphatic carbocycles. The molecule has 0 radical (unpaired) electrons. The largest absolute Gasteiger partial charge is 0.453 e. The summed E-state index contributed by atoms with van der Waals surface area (Å²) in [5, 5.41) is 10.4. The van der Waals surface area contributed by atoms with E-state index in [-0.39, 0.29) is 12.3 Å². The summed E-state index contributed by atoms with van der Waals surface area (Å²) < 4.78 is 4.60. The Morgan fingerprint density at radius 2 is 2.06 bits per heavy atom. The van der Waals surface area contributed by atoms with Crippen LogP contribution in [0.3, 0.4) is 0 Å². The van der Waals surface area contributed by atoms with Gasteiger partial charge in [-0.25, -0.2) is 0 Å². The molecule has 0 heterocycles. The quantitative estimate of drug-likeness (QED) is 0.327. The SMILES string of the molecule is CC(=O)OCC#Cc1ccc([N+](=O)[O-])cc1. The number of hydrogen-bond donors (Lipinski definition) is 0. The van der Waals surface area contributed by atoms with Crippen molar-refractivity contribution in [2.45, 2.75) is 6.92 Å². The lowest BCUT2D eigenvalue weighted by atomic mass is 10.2. The molecule has 1 rings (SSSR count). The van der Waals surface area contributed by atoms with Crippen molar-refractivity contribution in [3.63, 3.8) is 0 Å². The first-order valence-corrected chi connectivity index (χ1v) is 4.46. The first kappa shape index (κ1) is 11.7. The van der Waals surface area contributed by atoms with Gasteiger partial charge in [-0.1, -0.05) is 11.8 Å². The number of nitrogens with zero attached hydrogens (tertiary/aromatic N) is 1. The summed E-state index contributed by atoms with van der Waals surface area (Å²) in [4.78, 5) is 20.3. The summed E-state index contributed by atoms with van der Waals surface area (Å²) in [6, 6.07) is 5.82. The number of nitro groups is 1. The van der Waals surface area contributed by atoms with E-state index in [4.69, 9.17) is 0 Å². The minimum Gasteiger partial charge on any atom is -0.453 e. The lowest BCUT2D eigenvalue weighted by molar-refractivity contribution is -0.384. The Hall–Kier alpha value is -2.35. The zero-order valence-corrected chi connectivity index (χ0v) is 8.60. The van der Waals surface area contributed by atoms with E-state index >= 15 is 0 Å². The van der Waals surface area contributed by atoms with Crippen molar-refractivity contribution in [3.8, 4) is 11.8 Å². The van der Waals surface area contributed by atoms with Gasteiger partial charge in [-0.05, 0) is 12.1 Å². The molecule has 0 atom stereocenters. The van der Waals surface area contributed by atoms with Gasteiger partial charge in [-0.3, -0.25) is 14.9 Å². The van der Waals surface area contributed by atoms with Crippen LogP contribution in [0.5, 0.6) is 0 Å². The van der Waals surface area contributed by atoms with Crippen molar-refractivity contribution in [2.75, 3.05) is 6.61 Å². The van der Waals surface area contributed by atoms with E-state index in [0.29, 0.717) is 5.56 Å². The molecule has 5 nitrogen and oxygen atoms in total. The molecule has 0 fully saturated rings. The Morgan fingerprint density at radius 1 is 1.44 bits per heavy atom. The average Bonchev–Trinajstić information content (AvgIpc) is 2.25. The number of benzene rings is 1. The second kappa shape index (κ2) is 5.51. The number of hydrogen-bond acceptors (Lipinski definition) is 4. The third-order valence-electron chi connectivity index (χ3n) is 1.66. The Bertz CT molecular complexity index is 453. The summed E-state index contributed by atoms with van der Waals surface area (Å²) in [7, 11) is 0. The Kier molecular flexibility index (Phi) is 4.04. The van der Waals surface area contributed by atoms with Crippen molar-refractivity contribution in [1.29, 1.82) is 0 Å². The highest BCUT2D eigenvalue weighted by molar-refractivity contribution is 5.66. The minimum absolute atomic E-state index is 0.0190. The second-order valence-electron chi connectivity index (χ2n) is 2.89. The van der Waals surface area contributed by atoms with E-state index in [1.54, 1.807) is 12.1 Å². The van der Waals surface area contributed by atoms with Crippen LogP contribution in [0.1, 0.15) is 12.5 Å². The Balaban J connectivity index is 2.61. The van der Waals surface area contributed by atoms with Crippen molar-refractivity contribution in [1.82, 2.24) is 0 Å². The van der Waals surface area contributed by atoms with Gasteiger partial charge in [0.2, 0.25) is 0 Å². The summed E-state index contributed by atoms with van der Waals surface area (Å²) >= 11 is 0. The van der Waals surface area contributed by atoms with Gasteiger partial charge in [0.05, 0.1) is 4.92 Å². The van der Waals surface area contributed by atoms with Gasteiger partial charge in [-0.15, -0.1) is 0 Å². The molecule has 0 N–H and O–H groups in total. The average molecular weight is 219 g/mol. The van der Waals surface area contributed by atoms with E-state index in [9.17, 15) is 14.9 Å². The van der Waals surface area contributed by atoms with E-state index in [1.807, 2.05) is 0 Å². The summed E-state index contributed by atoms with van der Waals surface area (Å²) in [5.74, 6) is 4.94. The predicted octanol–water partition coefficient (Wildman–Crippen LogP) is 1.51. The third kappa shape index (κ3) is 3.80. The van der Waals surface area contributed by atoms with Crippen LogP contribution in [0.15, 0.2) is 24.3 Å². The molecule has 0 bridgehead atoms. The van der Waals surface area contributed by atoms with Crippen LogP contribution < -0.4 is 0 Å². The van der Waals surface area contributed by atoms with E-state index in [2.05, 4.69) is 16.6 Å². The van der Waals surface area contributed by atoms with Crippen LogP contribution in [0, 0.1) is 22.0 Å². The first-order valence-electron chi connectivity index (χ1n) is 4.46. The maximum atomic E-state index is 10.4. The van der Waals surface area contributed by atoms with Crippen molar-refractivity contribution < 1.29 is 14.5 Å². The van der Waals surface area contributed by atoms with Gasteiger partial charge in [-0.2, -0.15) is 0 Å². The van der Waals surface area contributed by atoms with E-state index in [0.717, 1.165) is 0 Å².